The van der Waals surface area contributed by atoms with E-state index in [1.54, 1.807) is 12.1 Å². The molecule has 0 aliphatic heterocycles. The Labute approximate surface area is 154 Å². The fraction of sp³-hybridized carbons (Fsp3) is 0.333. The van der Waals surface area contributed by atoms with Crippen molar-refractivity contribution in [1.29, 1.82) is 0 Å². The molecule has 0 atom stereocenters. The van der Waals surface area contributed by atoms with Crippen LogP contribution >= 0.6 is 0 Å². The summed E-state index contributed by atoms with van der Waals surface area (Å²) in [5, 5.41) is 0. The van der Waals surface area contributed by atoms with E-state index in [0.717, 1.165) is 31.2 Å². The van der Waals surface area contributed by atoms with Gasteiger partial charge in [-0.05, 0) is 50.1 Å². The monoisotopic (exact) mass is 394 g/mol. The van der Waals surface area contributed by atoms with E-state index in [9.17, 15) is 16.8 Å². The first-order valence-corrected chi connectivity index (χ1v) is 11.4. The minimum Gasteiger partial charge on any atom is -0.280 e. The van der Waals surface area contributed by atoms with E-state index in [1.807, 2.05) is 6.92 Å². The van der Waals surface area contributed by atoms with E-state index < -0.39 is 20.0 Å². The average Bonchev–Trinajstić information content (AvgIpc) is 3.07. The van der Waals surface area contributed by atoms with Crippen LogP contribution in [0.4, 0.5) is 5.69 Å². The molecule has 1 aliphatic carbocycles. The van der Waals surface area contributed by atoms with E-state index in [-0.39, 0.29) is 21.5 Å². The Morgan fingerprint density at radius 3 is 2.15 bits per heavy atom. The van der Waals surface area contributed by atoms with Crippen molar-refractivity contribution in [3.05, 3.63) is 54.1 Å². The fourth-order valence-electron chi connectivity index (χ4n) is 2.99. The van der Waals surface area contributed by atoms with Gasteiger partial charge in [0.05, 0.1) is 15.5 Å². The summed E-state index contributed by atoms with van der Waals surface area (Å²) in [5.41, 5.74) is 1.16. The second kappa shape index (κ2) is 7.38. The summed E-state index contributed by atoms with van der Waals surface area (Å²) in [6, 6.07) is 12.2. The van der Waals surface area contributed by atoms with Gasteiger partial charge in [-0.2, -0.15) is 0 Å². The minimum atomic E-state index is -3.78. The van der Waals surface area contributed by atoms with Gasteiger partial charge in [0.1, 0.15) is 0 Å². The molecule has 2 aromatic carbocycles. The molecule has 26 heavy (non-hydrogen) atoms. The molecule has 0 unspecified atom stereocenters. The van der Waals surface area contributed by atoms with Gasteiger partial charge in [-0.1, -0.05) is 36.6 Å². The second-order valence-electron chi connectivity index (χ2n) is 6.55. The topological polar surface area (TPSA) is 92.3 Å². The SMILES string of the molecule is Cc1ccc(S(=O)(=O)Nc2cccc(S(=O)(=O)NC3CCCC3)c2)cc1. The zero-order valence-electron chi connectivity index (χ0n) is 14.5. The van der Waals surface area contributed by atoms with Crippen molar-refractivity contribution in [2.24, 2.45) is 0 Å². The summed E-state index contributed by atoms with van der Waals surface area (Å²) in [7, 11) is -7.46. The van der Waals surface area contributed by atoms with Crippen molar-refractivity contribution in [2.75, 3.05) is 4.72 Å². The molecule has 6 nitrogen and oxygen atoms in total. The summed E-state index contributed by atoms with van der Waals surface area (Å²) < 4.78 is 55.1. The maximum absolute atomic E-state index is 12.5. The average molecular weight is 395 g/mol. The summed E-state index contributed by atoms with van der Waals surface area (Å²) in [6.45, 7) is 1.87. The van der Waals surface area contributed by atoms with Gasteiger partial charge in [0.2, 0.25) is 10.0 Å². The van der Waals surface area contributed by atoms with Gasteiger partial charge in [0.15, 0.2) is 0 Å². The van der Waals surface area contributed by atoms with Crippen LogP contribution in [0.2, 0.25) is 0 Å². The van der Waals surface area contributed by atoms with Crippen LogP contribution in [0, 0.1) is 6.92 Å². The number of benzene rings is 2. The zero-order valence-corrected chi connectivity index (χ0v) is 16.1. The second-order valence-corrected chi connectivity index (χ2v) is 9.95. The molecular weight excluding hydrogens is 372 g/mol. The lowest BCUT2D eigenvalue weighted by molar-refractivity contribution is 0.552. The molecule has 0 radical (unpaired) electrons. The summed E-state index contributed by atoms with van der Waals surface area (Å²) in [6.07, 6.45) is 3.70. The smallest absolute Gasteiger partial charge is 0.261 e. The first-order chi connectivity index (χ1) is 12.3. The van der Waals surface area contributed by atoms with Gasteiger partial charge in [0, 0.05) is 6.04 Å². The third kappa shape index (κ3) is 4.44. The molecule has 8 heteroatoms. The lowest BCUT2D eigenvalue weighted by atomic mass is 10.2. The molecule has 2 aromatic rings. The predicted octanol–water partition coefficient (Wildman–Crippen LogP) is 3.02. The molecule has 0 saturated heterocycles. The molecule has 2 N–H and O–H groups in total. The Hall–Kier alpha value is -1.90. The van der Waals surface area contributed by atoms with Gasteiger partial charge in [-0.15, -0.1) is 0 Å². The molecular formula is C18H22N2O4S2. The first kappa shape index (κ1) is 18.9. The molecule has 1 saturated carbocycles. The van der Waals surface area contributed by atoms with Crippen molar-refractivity contribution >= 4 is 25.7 Å². The van der Waals surface area contributed by atoms with Gasteiger partial charge in [-0.3, -0.25) is 4.72 Å². The summed E-state index contributed by atoms with van der Waals surface area (Å²) >= 11 is 0. The predicted molar refractivity (Wildman–Crippen MR) is 101 cm³/mol. The Balaban J connectivity index is 1.81. The molecule has 1 aliphatic rings. The van der Waals surface area contributed by atoms with E-state index >= 15 is 0 Å². The number of nitrogens with one attached hydrogen (secondary N) is 2. The largest absolute Gasteiger partial charge is 0.280 e. The maximum Gasteiger partial charge on any atom is 0.261 e. The normalized spacial score (nSPS) is 15.9. The fourth-order valence-corrected chi connectivity index (χ4v) is 5.39. The van der Waals surface area contributed by atoms with Crippen molar-refractivity contribution < 1.29 is 16.8 Å². The number of rotatable bonds is 6. The quantitative estimate of drug-likeness (QED) is 0.788. The number of anilines is 1. The van der Waals surface area contributed by atoms with E-state index in [1.165, 1.54) is 36.4 Å². The van der Waals surface area contributed by atoms with Crippen LogP contribution in [0.3, 0.4) is 0 Å². The van der Waals surface area contributed by atoms with E-state index in [0.29, 0.717) is 0 Å². The molecule has 1 fully saturated rings. The van der Waals surface area contributed by atoms with Crippen LogP contribution in [0.1, 0.15) is 31.2 Å². The first-order valence-electron chi connectivity index (χ1n) is 8.48. The van der Waals surface area contributed by atoms with Crippen LogP contribution in [-0.2, 0) is 20.0 Å². The van der Waals surface area contributed by atoms with Crippen molar-refractivity contribution in [2.45, 2.75) is 48.4 Å². The van der Waals surface area contributed by atoms with Gasteiger partial charge in [-0.25, -0.2) is 21.6 Å². The number of aryl methyl sites for hydroxylation is 1. The summed E-state index contributed by atoms with van der Waals surface area (Å²) in [5.74, 6) is 0. The number of sulfonamides is 2. The van der Waals surface area contributed by atoms with Crippen molar-refractivity contribution in [1.82, 2.24) is 4.72 Å². The van der Waals surface area contributed by atoms with Gasteiger partial charge in [0.25, 0.3) is 10.0 Å². The van der Waals surface area contributed by atoms with Crippen LogP contribution < -0.4 is 9.44 Å². The molecule has 0 heterocycles. The van der Waals surface area contributed by atoms with Crippen molar-refractivity contribution in [3.8, 4) is 0 Å². The molecule has 0 bridgehead atoms. The van der Waals surface area contributed by atoms with E-state index in [2.05, 4.69) is 9.44 Å². The third-order valence-electron chi connectivity index (χ3n) is 4.40. The maximum atomic E-state index is 12.5. The van der Waals surface area contributed by atoms with Crippen molar-refractivity contribution in [3.63, 3.8) is 0 Å². The molecule has 0 aromatic heterocycles. The van der Waals surface area contributed by atoms with Crippen LogP contribution in [0.25, 0.3) is 0 Å². The Morgan fingerprint density at radius 2 is 1.50 bits per heavy atom. The Bertz CT molecular complexity index is 978. The molecule has 0 spiro atoms. The van der Waals surface area contributed by atoms with Crippen LogP contribution in [0.5, 0.6) is 0 Å². The highest BCUT2D eigenvalue weighted by Gasteiger charge is 2.23. The highest BCUT2D eigenvalue weighted by molar-refractivity contribution is 7.92. The number of hydrogen-bond donors (Lipinski definition) is 2. The third-order valence-corrected chi connectivity index (χ3v) is 7.32. The standard InChI is InChI=1S/C18H22N2O4S2/c1-14-9-11-17(12-10-14)25(21,22)20-16-7-4-8-18(13-16)26(23,24)19-15-5-2-3-6-15/h4,7-13,15,19-20H,2-3,5-6H2,1H3. The Morgan fingerprint density at radius 1 is 0.846 bits per heavy atom. The van der Waals surface area contributed by atoms with Gasteiger partial charge >= 0.3 is 0 Å². The molecule has 140 valence electrons. The van der Waals surface area contributed by atoms with E-state index in [4.69, 9.17) is 0 Å². The molecule has 3 rings (SSSR count). The highest BCUT2D eigenvalue weighted by atomic mass is 32.2. The van der Waals surface area contributed by atoms with Crippen LogP contribution in [-0.4, -0.2) is 22.9 Å². The Kier molecular flexibility index (Phi) is 5.36. The minimum absolute atomic E-state index is 0.0482. The molecule has 0 amide bonds. The zero-order chi connectivity index (χ0) is 18.8. The lowest BCUT2D eigenvalue weighted by Gasteiger charge is -2.14. The highest BCUT2D eigenvalue weighted by Crippen LogP contribution is 2.23. The number of hydrogen-bond acceptors (Lipinski definition) is 4. The lowest BCUT2D eigenvalue weighted by Crippen LogP contribution is -2.32. The van der Waals surface area contributed by atoms with Crippen LogP contribution in [0.15, 0.2) is 58.3 Å². The van der Waals surface area contributed by atoms with Gasteiger partial charge < -0.3 is 0 Å². The summed E-state index contributed by atoms with van der Waals surface area (Å²) in [4.78, 5) is 0.175.